The van der Waals surface area contributed by atoms with Crippen LogP contribution in [0, 0.1) is 47.3 Å². The first-order valence-corrected chi connectivity index (χ1v) is 19.1. The molecule has 4 bridgehead atoms. The fourth-order valence-corrected chi connectivity index (χ4v) is 11.7. The SMILES string of the molecule is C[C@H]1[C@@H](CCCCNC(=O)CC[C@H]2O[C@@H]3O[C@@]4(C)CC[C@H]5[C@H](C)CC[C@@H]([C@H]2C)[C@@]35OO4)O[C@@H]2O[C@@]3(C)CC[C@H]4[C@H](C)CC[C@@H]1[C@@]24OO3. The summed E-state index contributed by atoms with van der Waals surface area (Å²) in [5, 5.41) is 3.18. The maximum Gasteiger partial charge on any atom is 0.220 e. The Labute approximate surface area is 280 Å². The molecule has 8 heterocycles. The summed E-state index contributed by atoms with van der Waals surface area (Å²) in [6, 6.07) is 0. The minimum atomic E-state index is -0.776. The van der Waals surface area contributed by atoms with Crippen molar-refractivity contribution < 1.29 is 43.3 Å². The van der Waals surface area contributed by atoms with Crippen LogP contribution in [0.15, 0.2) is 0 Å². The molecular weight excluding hydrogens is 602 g/mol. The number of amides is 1. The monoisotopic (exact) mass is 661 g/mol. The molecule has 1 N–H and O–H groups in total. The predicted octanol–water partition coefficient (Wildman–Crippen LogP) is 6.55. The molecule has 0 unspecified atom stereocenters. The van der Waals surface area contributed by atoms with E-state index in [9.17, 15) is 4.79 Å². The maximum atomic E-state index is 13.0. The Morgan fingerprint density at radius 3 is 1.68 bits per heavy atom. The zero-order valence-electron chi connectivity index (χ0n) is 29.5. The standard InChI is InChI=1S/C37H59NO9/c1-21-10-12-27-23(3)29(40-32-36(27)25(21)16-18-34(5,42-32)44-46-36)9-7-8-20-38-31(39)15-14-30-24(4)28-13-11-22(2)26-17-19-35(6)43-33(41-30)37(26,28)47-45-35/h21-30,32-33H,7-20H2,1-6H3,(H,38,39)/t21-,22-,23-,24-,25+,26+,27+,28+,29-,30-,32-,33-,34-,35-,36-,37-/m1/s1. The van der Waals surface area contributed by atoms with E-state index >= 15 is 0 Å². The van der Waals surface area contributed by atoms with Crippen molar-refractivity contribution >= 4 is 5.91 Å². The van der Waals surface area contributed by atoms with E-state index in [1.165, 1.54) is 12.8 Å². The van der Waals surface area contributed by atoms with Gasteiger partial charge in [0.2, 0.25) is 17.5 Å². The molecule has 0 aromatic heterocycles. The zero-order chi connectivity index (χ0) is 32.8. The summed E-state index contributed by atoms with van der Waals surface area (Å²) in [7, 11) is 0. The first-order chi connectivity index (χ1) is 22.5. The summed E-state index contributed by atoms with van der Waals surface area (Å²) in [5.74, 6) is 1.70. The maximum absolute atomic E-state index is 13.0. The number of unbranched alkanes of at least 4 members (excludes halogenated alkanes) is 1. The van der Waals surface area contributed by atoms with Crippen LogP contribution < -0.4 is 5.32 Å². The van der Waals surface area contributed by atoms with Crippen LogP contribution in [0.1, 0.15) is 125 Å². The van der Waals surface area contributed by atoms with E-state index in [1.54, 1.807) is 0 Å². The van der Waals surface area contributed by atoms with Gasteiger partial charge in [-0.3, -0.25) is 4.79 Å². The third-order valence-corrected chi connectivity index (χ3v) is 14.5. The number of carbonyl (C=O) groups excluding carboxylic acids is 1. The number of rotatable bonds is 8. The van der Waals surface area contributed by atoms with Gasteiger partial charge < -0.3 is 24.3 Å². The van der Waals surface area contributed by atoms with Gasteiger partial charge in [0.25, 0.3) is 0 Å². The van der Waals surface area contributed by atoms with E-state index < -0.39 is 29.1 Å². The van der Waals surface area contributed by atoms with Gasteiger partial charge in [-0.25, -0.2) is 19.6 Å². The van der Waals surface area contributed by atoms with Gasteiger partial charge in [0.15, 0.2) is 23.8 Å². The smallest absolute Gasteiger partial charge is 0.220 e. The average Bonchev–Trinajstić information content (AvgIpc) is 3.42. The first kappa shape index (κ1) is 33.3. The number of carbonyl (C=O) groups is 1. The van der Waals surface area contributed by atoms with Crippen LogP contribution in [-0.2, 0) is 43.3 Å². The van der Waals surface area contributed by atoms with E-state index in [-0.39, 0.29) is 30.3 Å². The summed E-state index contributed by atoms with van der Waals surface area (Å²) in [5.41, 5.74) is -1.06. The second-order valence-electron chi connectivity index (χ2n) is 17.3. The zero-order valence-corrected chi connectivity index (χ0v) is 29.5. The van der Waals surface area contributed by atoms with Crippen LogP contribution in [0.25, 0.3) is 0 Å². The fourth-order valence-electron chi connectivity index (χ4n) is 11.7. The normalized spacial score (nSPS) is 54.6. The van der Waals surface area contributed by atoms with Crippen molar-refractivity contribution in [1.82, 2.24) is 5.32 Å². The number of nitrogens with one attached hydrogen (secondary N) is 1. The third kappa shape index (κ3) is 5.28. The Bertz CT molecular complexity index is 1190. The van der Waals surface area contributed by atoms with Gasteiger partial charge in [0.05, 0.1) is 12.2 Å². The second kappa shape index (κ2) is 12.1. The number of hydrogen-bond donors (Lipinski definition) is 1. The molecular formula is C37H59NO9. The van der Waals surface area contributed by atoms with Crippen molar-refractivity contribution in [3.63, 3.8) is 0 Å². The van der Waals surface area contributed by atoms with E-state index in [0.29, 0.717) is 60.8 Å². The van der Waals surface area contributed by atoms with Crippen molar-refractivity contribution in [3.05, 3.63) is 0 Å². The Morgan fingerprint density at radius 1 is 0.638 bits per heavy atom. The molecule has 266 valence electrons. The lowest BCUT2D eigenvalue weighted by molar-refractivity contribution is -0.571. The quantitative estimate of drug-likeness (QED) is 0.229. The van der Waals surface area contributed by atoms with Gasteiger partial charge in [-0.1, -0.05) is 27.7 Å². The van der Waals surface area contributed by atoms with Gasteiger partial charge in [-0.05, 0) is 114 Å². The van der Waals surface area contributed by atoms with Crippen molar-refractivity contribution in [2.45, 2.75) is 173 Å². The highest BCUT2D eigenvalue weighted by Gasteiger charge is 2.70. The Morgan fingerprint density at radius 2 is 1.15 bits per heavy atom. The van der Waals surface area contributed by atoms with Gasteiger partial charge in [0, 0.05) is 37.6 Å². The summed E-state index contributed by atoms with van der Waals surface area (Å²) in [6.45, 7) is 13.9. The van der Waals surface area contributed by atoms with E-state index in [2.05, 4.69) is 33.0 Å². The molecule has 8 aliphatic heterocycles. The number of fused-ring (bicyclic) bond motifs is 4. The Kier molecular flexibility index (Phi) is 8.60. The van der Waals surface area contributed by atoms with Crippen LogP contribution in [-0.4, -0.2) is 60.0 Å². The molecule has 0 radical (unpaired) electrons. The summed E-state index contributed by atoms with van der Waals surface area (Å²) in [4.78, 5) is 37.5. The lowest BCUT2D eigenvalue weighted by atomic mass is 9.57. The average molecular weight is 662 g/mol. The molecule has 47 heavy (non-hydrogen) atoms. The lowest BCUT2D eigenvalue weighted by Crippen LogP contribution is -2.70. The molecule has 2 saturated carbocycles. The molecule has 1 amide bonds. The van der Waals surface area contributed by atoms with Crippen LogP contribution in [0.2, 0.25) is 0 Å². The van der Waals surface area contributed by atoms with Crippen LogP contribution >= 0.6 is 0 Å². The molecule has 16 atom stereocenters. The molecule has 10 nitrogen and oxygen atoms in total. The molecule has 8 saturated heterocycles. The van der Waals surface area contributed by atoms with E-state index in [1.807, 2.05) is 13.8 Å². The highest BCUT2D eigenvalue weighted by molar-refractivity contribution is 5.75. The predicted molar refractivity (Wildman–Crippen MR) is 170 cm³/mol. The van der Waals surface area contributed by atoms with Gasteiger partial charge in [0.1, 0.15) is 0 Å². The van der Waals surface area contributed by atoms with E-state index in [0.717, 1.165) is 57.8 Å². The van der Waals surface area contributed by atoms with Crippen molar-refractivity contribution in [3.8, 4) is 0 Å². The Balaban J connectivity index is 0.818. The Hall–Kier alpha value is -0.850. The molecule has 2 spiro atoms. The topological polar surface area (TPSA) is 103 Å². The lowest BCUT2D eigenvalue weighted by Gasteiger charge is -2.60. The van der Waals surface area contributed by atoms with Crippen LogP contribution in [0.4, 0.5) is 0 Å². The summed E-state index contributed by atoms with van der Waals surface area (Å²) in [6.07, 6.45) is 11.5. The molecule has 2 aliphatic carbocycles. The highest BCUT2D eigenvalue weighted by Crippen LogP contribution is 2.62. The minimum absolute atomic E-state index is 0.0457. The summed E-state index contributed by atoms with van der Waals surface area (Å²) < 4.78 is 26.4. The van der Waals surface area contributed by atoms with Crippen LogP contribution in [0.3, 0.4) is 0 Å². The molecule has 0 aromatic carbocycles. The second-order valence-corrected chi connectivity index (χ2v) is 17.3. The minimum Gasteiger partial charge on any atom is -0.356 e. The molecule has 10 rings (SSSR count). The molecule has 0 aromatic rings. The highest BCUT2D eigenvalue weighted by atomic mass is 17.3. The summed E-state index contributed by atoms with van der Waals surface area (Å²) >= 11 is 0. The van der Waals surface area contributed by atoms with Gasteiger partial charge in [-0.15, -0.1) is 0 Å². The number of ether oxygens (including phenoxy) is 4. The first-order valence-electron chi connectivity index (χ1n) is 19.1. The van der Waals surface area contributed by atoms with Crippen molar-refractivity contribution in [1.29, 1.82) is 0 Å². The number of hydrogen-bond acceptors (Lipinski definition) is 9. The van der Waals surface area contributed by atoms with Crippen molar-refractivity contribution in [2.75, 3.05) is 6.54 Å². The largest absolute Gasteiger partial charge is 0.356 e. The van der Waals surface area contributed by atoms with Gasteiger partial charge in [-0.2, -0.15) is 0 Å². The van der Waals surface area contributed by atoms with Crippen molar-refractivity contribution in [2.24, 2.45) is 47.3 Å². The molecule has 10 fully saturated rings. The third-order valence-electron chi connectivity index (χ3n) is 14.5. The fraction of sp³-hybridized carbons (Fsp3) is 0.973. The molecule has 10 heteroatoms. The van der Waals surface area contributed by atoms with Gasteiger partial charge >= 0.3 is 0 Å². The van der Waals surface area contributed by atoms with E-state index in [4.69, 9.17) is 38.5 Å². The van der Waals surface area contributed by atoms with Crippen LogP contribution in [0.5, 0.6) is 0 Å². The molecule has 10 aliphatic rings.